The number of nitrogens with two attached hydrogens (primary N) is 1. The number of pyridine rings is 2. The fraction of sp³-hybridized carbons (Fsp3) is 0.464. The monoisotopic (exact) mass is 605 g/mol. The van der Waals surface area contributed by atoms with Crippen LogP contribution in [0.3, 0.4) is 0 Å². The van der Waals surface area contributed by atoms with Gasteiger partial charge < -0.3 is 20.5 Å². The zero-order valence-electron chi connectivity index (χ0n) is 22.5. The van der Waals surface area contributed by atoms with Crippen molar-refractivity contribution in [2.24, 2.45) is 0 Å². The predicted octanol–water partition coefficient (Wildman–Crippen LogP) is 6.79. The molecule has 1 amide bonds. The number of hydrogen-bond acceptors (Lipinski definition) is 7. The second kappa shape index (κ2) is 11.9. The van der Waals surface area contributed by atoms with Crippen LogP contribution in [0.15, 0.2) is 41.1 Å². The van der Waals surface area contributed by atoms with E-state index >= 15 is 0 Å². The molecule has 1 aliphatic rings. The Labute approximate surface area is 235 Å². The molecule has 0 bridgehead atoms. The average Bonchev–Trinajstić information content (AvgIpc) is 3.24. The van der Waals surface area contributed by atoms with Gasteiger partial charge in [-0.2, -0.15) is 0 Å². The van der Waals surface area contributed by atoms with Crippen molar-refractivity contribution in [1.29, 1.82) is 0 Å². The van der Waals surface area contributed by atoms with Crippen LogP contribution in [-0.4, -0.2) is 51.9 Å². The van der Waals surface area contributed by atoms with Crippen LogP contribution < -0.4 is 15.8 Å². The number of fused-ring (bicyclic) bond motifs is 1. The Balaban J connectivity index is 1.41. The quantitative estimate of drug-likeness (QED) is 0.272. The predicted molar refractivity (Wildman–Crippen MR) is 151 cm³/mol. The van der Waals surface area contributed by atoms with E-state index in [-0.39, 0.29) is 24.9 Å². The van der Waals surface area contributed by atoms with E-state index in [1.54, 1.807) is 27.0 Å². The first kappa shape index (κ1) is 28.8. The third-order valence-corrected chi connectivity index (χ3v) is 6.84. The number of aromatic nitrogens is 2. The lowest BCUT2D eigenvalue weighted by Gasteiger charge is -2.29. The van der Waals surface area contributed by atoms with E-state index in [1.165, 1.54) is 11.0 Å². The highest BCUT2D eigenvalue weighted by Crippen LogP contribution is 2.39. The molecule has 3 atom stereocenters. The van der Waals surface area contributed by atoms with Crippen molar-refractivity contribution in [3.63, 3.8) is 0 Å². The third-order valence-electron chi connectivity index (χ3n) is 6.34. The van der Waals surface area contributed by atoms with Gasteiger partial charge in [-0.05, 0) is 64.8 Å². The van der Waals surface area contributed by atoms with Crippen LogP contribution >= 0.6 is 15.9 Å². The van der Waals surface area contributed by atoms with E-state index in [0.717, 1.165) is 33.7 Å². The van der Waals surface area contributed by atoms with Crippen LogP contribution in [0.5, 0.6) is 5.88 Å². The van der Waals surface area contributed by atoms with Crippen LogP contribution in [0.4, 0.5) is 25.0 Å². The Morgan fingerprint density at radius 3 is 2.79 bits per heavy atom. The summed E-state index contributed by atoms with van der Waals surface area (Å²) in [6, 6.07) is 6.33. The van der Waals surface area contributed by atoms with Gasteiger partial charge in [-0.25, -0.2) is 18.6 Å². The van der Waals surface area contributed by atoms with Gasteiger partial charge in [0.25, 0.3) is 0 Å². The number of nitrogens with zero attached hydrogens (tertiary/aromatic N) is 3. The summed E-state index contributed by atoms with van der Waals surface area (Å²) >= 11 is 3.49. The molecule has 0 saturated carbocycles. The fourth-order valence-corrected chi connectivity index (χ4v) is 4.97. The first-order valence-corrected chi connectivity index (χ1v) is 13.7. The molecule has 0 unspecified atom stereocenters. The number of hydrogen-bond donors (Lipinski definition) is 2. The van der Waals surface area contributed by atoms with Crippen LogP contribution in [0.1, 0.15) is 58.6 Å². The molecule has 4 rings (SSSR count). The average molecular weight is 607 g/mol. The normalized spacial score (nSPS) is 18.3. The van der Waals surface area contributed by atoms with Crippen molar-refractivity contribution in [2.45, 2.75) is 70.9 Å². The molecule has 0 radical (unpaired) electrons. The van der Waals surface area contributed by atoms with Crippen molar-refractivity contribution in [2.75, 3.05) is 24.1 Å². The highest BCUT2D eigenvalue weighted by molar-refractivity contribution is 9.10. The van der Waals surface area contributed by atoms with Gasteiger partial charge in [-0.1, -0.05) is 15.9 Å². The van der Waals surface area contributed by atoms with Gasteiger partial charge in [0.15, 0.2) is 0 Å². The zero-order valence-corrected chi connectivity index (χ0v) is 24.1. The zero-order chi connectivity index (χ0) is 28.3. The summed E-state index contributed by atoms with van der Waals surface area (Å²) < 4.78 is 41.2. The Hall–Kier alpha value is -3.21. The number of alkyl halides is 1. The lowest BCUT2D eigenvalue weighted by Crippen LogP contribution is -2.37. The van der Waals surface area contributed by atoms with E-state index in [0.29, 0.717) is 24.2 Å². The molecule has 2 aromatic heterocycles. The number of likely N-dealkylation sites (tertiary alicyclic amines) is 1. The number of ether oxygens (including phenoxy) is 2. The van der Waals surface area contributed by atoms with Gasteiger partial charge in [0.1, 0.15) is 17.6 Å². The summed E-state index contributed by atoms with van der Waals surface area (Å²) in [5.74, 6) is -0.409. The fourth-order valence-electron chi connectivity index (χ4n) is 4.61. The highest BCUT2D eigenvalue weighted by atomic mass is 79.9. The molecule has 210 valence electrons. The molecule has 0 aliphatic carbocycles. The van der Waals surface area contributed by atoms with Gasteiger partial charge >= 0.3 is 6.09 Å². The molecule has 3 heterocycles. The number of carbonyl (C=O) groups is 1. The Morgan fingerprint density at radius 1 is 1.28 bits per heavy atom. The van der Waals surface area contributed by atoms with Gasteiger partial charge in [0, 0.05) is 28.4 Å². The van der Waals surface area contributed by atoms with Crippen LogP contribution in [-0.2, 0) is 4.74 Å². The van der Waals surface area contributed by atoms with Gasteiger partial charge in [0.2, 0.25) is 5.88 Å². The summed E-state index contributed by atoms with van der Waals surface area (Å²) in [7, 11) is 0. The van der Waals surface area contributed by atoms with Crippen molar-refractivity contribution in [3.05, 3.63) is 52.5 Å². The molecule has 0 spiro atoms. The minimum atomic E-state index is -1.26. The summed E-state index contributed by atoms with van der Waals surface area (Å²) in [4.78, 5) is 22.6. The SMILES string of the molecule is C[C@@H](CCCNc1c(N)cnc2ccc(Br)cc12)Oc1ncc(F)cc1[C@H]1C[C@H](F)CN1C(=O)OC(C)(C)C. The molecular formula is C28H34BrF2N5O3. The molecule has 1 aliphatic heterocycles. The number of carbonyl (C=O) groups excluding carboxylic acids is 1. The minimum Gasteiger partial charge on any atom is -0.474 e. The number of nitrogen functional groups attached to an aromatic ring is 1. The number of nitrogens with one attached hydrogen (secondary N) is 1. The maximum Gasteiger partial charge on any atom is 0.410 e. The van der Waals surface area contributed by atoms with E-state index in [9.17, 15) is 13.6 Å². The molecule has 11 heteroatoms. The molecule has 3 aromatic rings. The number of amides is 1. The van der Waals surface area contributed by atoms with E-state index in [4.69, 9.17) is 15.2 Å². The lowest BCUT2D eigenvalue weighted by molar-refractivity contribution is 0.0213. The topological polar surface area (TPSA) is 103 Å². The number of benzene rings is 1. The first-order chi connectivity index (χ1) is 18.4. The molecule has 8 nitrogen and oxygen atoms in total. The van der Waals surface area contributed by atoms with Gasteiger partial charge in [0.05, 0.1) is 48.0 Å². The number of halogens is 3. The summed E-state index contributed by atoms with van der Waals surface area (Å²) in [5.41, 5.74) is 7.97. The van der Waals surface area contributed by atoms with E-state index in [2.05, 4.69) is 31.2 Å². The largest absolute Gasteiger partial charge is 0.474 e. The molecular weight excluding hydrogens is 572 g/mol. The van der Waals surface area contributed by atoms with Crippen molar-refractivity contribution < 1.29 is 23.0 Å². The highest BCUT2D eigenvalue weighted by Gasteiger charge is 2.40. The molecule has 1 aromatic carbocycles. The second-order valence-electron chi connectivity index (χ2n) is 10.8. The minimum absolute atomic E-state index is 0.0104. The molecule has 3 N–H and O–H groups in total. The maximum atomic E-state index is 14.5. The van der Waals surface area contributed by atoms with Crippen LogP contribution in [0.2, 0.25) is 0 Å². The smallest absolute Gasteiger partial charge is 0.410 e. The summed E-state index contributed by atoms with van der Waals surface area (Å²) in [6.45, 7) is 7.60. The number of rotatable bonds is 8. The first-order valence-electron chi connectivity index (χ1n) is 12.9. The van der Waals surface area contributed by atoms with Gasteiger partial charge in [-0.15, -0.1) is 0 Å². The molecule has 39 heavy (non-hydrogen) atoms. The van der Waals surface area contributed by atoms with Crippen molar-refractivity contribution >= 4 is 44.3 Å². The lowest BCUT2D eigenvalue weighted by atomic mass is 10.1. The van der Waals surface area contributed by atoms with Crippen molar-refractivity contribution in [1.82, 2.24) is 14.9 Å². The maximum absolute atomic E-state index is 14.5. The summed E-state index contributed by atoms with van der Waals surface area (Å²) in [5, 5.41) is 4.32. The standard InChI is InChI=1S/C28H34BrF2N5O3/c1-16(6-5-9-33-25-20-10-17(29)7-8-23(20)34-14-22(25)32)38-26-21(11-18(30)13-35-26)24-12-19(31)15-36(24)27(37)39-28(2,3)4/h7-8,10-11,13-14,16,19,24H,5-6,9,12,15,32H2,1-4H3,(H,33,34)/t16-,19-,24+/m0/s1. The summed E-state index contributed by atoms with van der Waals surface area (Å²) in [6.07, 6.45) is 1.91. The Bertz CT molecular complexity index is 1330. The Kier molecular flexibility index (Phi) is 8.78. The van der Waals surface area contributed by atoms with Crippen LogP contribution in [0, 0.1) is 5.82 Å². The second-order valence-corrected chi connectivity index (χ2v) is 11.7. The van der Waals surface area contributed by atoms with Crippen LogP contribution in [0.25, 0.3) is 10.9 Å². The third kappa shape index (κ3) is 7.26. The molecule has 1 saturated heterocycles. The number of anilines is 2. The van der Waals surface area contributed by atoms with E-state index in [1.807, 2.05) is 25.1 Å². The Morgan fingerprint density at radius 2 is 2.05 bits per heavy atom. The van der Waals surface area contributed by atoms with Crippen molar-refractivity contribution in [3.8, 4) is 5.88 Å². The van der Waals surface area contributed by atoms with E-state index < -0.39 is 29.7 Å². The molecule has 1 fully saturated rings. The van der Waals surface area contributed by atoms with Gasteiger partial charge in [-0.3, -0.25) is 9.88 Å².